The van der Waals surface area contributed by atoms with Crippen LogP contribution in [0.25, 0.3) is 0 Å². The van der Waals surface area contributed by atoms with Crippen molar-refractivity contribution in [2.45, 2.75) is 26.1 Å². The number of halogens is 5. The van der Waals surface area contributed by atoms with E-state index in [2.05, 4.69) is 5.32 Å². The summed E-state index contributed by atoms with van der Waals surface area (Å²) in [4.78, 5) is 11.8. The van der Waals surface area contributed by atoms with E-state index in [1.807, 2.05) is 0 Å². The molecule has 0 saturated heterocycles. The summed E-state index contributed by atoms with van der Waals surface area (Å²) < 4.78 is 51.1. The van der Waals surface area contributed by atoms with Gasteiger partial charge in [-0.3, -0.25) is 4.79 Å². The van der Waals surface area contributed by atoms with Crippen molar-refractivity contribution >= 4 is 17.5 Å². The summed E-state index contributed by atoms with van der Waals surface area (Å²) in [5.74, 6) is -1.71. The first-order chi connectivity index (χ1) is 9.16. The Kier molecular flexibility index (Phi) is 5.39. The van der Waals surface area contributed by atoms with Crippen molar-refractivity contribution in [3.05, 3.63) is 35.1 Å². The van der Waals surface area contributed by atoms with Crippen LogP contribution in [-0.4, -0.2) is 17.8 Å². The van der Waals surface area contributed by atoms with E-state index >= 15 is 0 Å². The molecule has 2 nitrogen and oxygen atoms in total. The molecule has 1 N–H and O–H groups in total. The quantitative estimate of drug-likeness (QED) is 0.664. The highest BCUT2D eigenvalue weighted by Gasteiger charge is 2.32. The van der Waals surface area contributed by atoms with Gasteiger partial charge in [0.05, 0.1) is 11.1 Å². The van der Waals surface area contributed by atoms with Crippen molar-refractivity contribution in [1.29, 1.82) is 0 Å². The zero-order valence-corrected chi connectivity index (χ0v) is 11.6. The van der Waals surface area contributed by atoms with E-state index in [0.717, 1.165) is 0 Å². The minimum atomic E-state index is -4.63. The number of carbonyl (C=O) groups is 1. The standard InChI is InChI=1S/C13H14ClF4NO/c1-7(6-14)8(2)19-12(20)10-5-9(13(16,17)18)3-4-11(10)15/h3-5,7-8H,6H2,1-2H3,(H,19,20). The van der Waals surface area contributed by atoms with Crippen molar-refractivity contribution < 1.29 is 22.4 Å². The summed E-state index contributed by atoms with van der Waals surface area (Å²) in [5.41, 5.74) is -1.70. The molecule has 0 spiro atoms. The minimum Gasteiger partial charge on any atom is -0.349 e. The molecule has 0 aliphatic heterocycles. The fraction of sp³-hybridized carbons (Fsp3) is 0.462. The molecule has 7 heteroatoms. The van der Waals surface area contributed by atoms with E-state index in [4.69, 9.17) is 11.6 Å². The van der Waals surface area contributed by atoms with Crippen molar-refractivity contribution in [2.75, 3.05) is 5.88 Å². The van der Waals surface area contributed by atoms with Crippen LogP contribution in [0, 0.1) is 11.7 Å². The molecule has 0 aromatic heterocycles. The second-order valence-corrected chi connectivity index (χ2v) is 4.89. The largest absolute Gasteiger partial charge is 0.416 e. The Morgan fingerprint density at radius 2 is 1.95 bits per heavy atom. The lowest BCUT2D eigenvalue weighted by atomic mass is 10.0. The molecular formula is C13H14ClF4NO. The summed E-state index contributed by atoms with van der Waals surface area (Å²) in [6.07, 6.45) is -4.63. The van der Waals surface area contributed by atoms with E-state index in [-0.39, 0.29) is 17.8 Å². The topological polar surface area (TPSA) is 29.1 Å². The van der Waals surface area contributed by atoms with Gasteiger partial charge in [-0.05, 0) is 31.0 Å². The number of rotatable bonds is 4. The maximum Gasteiger partial charge on any atom is 0.416 e. The van der Waals surface area contributed by atoms with Gasteiger partial charge < -0.3 is 5.32 Å². The van der Waals surface area contributed by atoms with Crippen LogP contribution in [0.2, 0.25) is 0 Å². The third-order valence-electron chi connectivity index (χ3n) is 2.99. The van der Waals surface area contributed by atoms with E-state index in [9.17, 15) is 22.4 Å². The van der Waals surface area contributed by atoms with Crippen LogP contribution >= 0.6 is 11.6 Å². The first kappa shape index (κ1) is 16.8. The van der Waals surface area contributed by atoms with Gasteiger partial charge in [-0.2, -0.15) is 13.2 Å². The van der Waals surface area contributed by atoms with Gasteiger partial charge in [-0.25, -0.2) is 4.39 Å². The maximum absolute atomic E-state index is 13.5. The van der Waals surface area contributed by atoms with Gasteiger partial charge >= 0.3 is 6.18 Å². The van der Waals surface area contributed by atoms with E-state index < -0.39 is 29.0 Å². The fourth-order valence-electron chi connectivity index (χ4n) is 1.44. The zero-order valence-electron chi connectivity index (χ0n) is 10.9. The average molecular weight is 312 g/mol. The molecule has 1 amide bonds. The summed E-state index contributed by atoms with van der Waals surface area (Å²) in [7, 11) is 0. The summed E-state index contributed by atoms with van der Waals surface area (Å²) in [5, 5.41) is 2.44. The van der Waals surface area contributed by atoms with Crippen LogP contribution in [0.3, 0.4) is 0 Å². The predicted molar refractivity (Wildman–Crippen MR) is 68.2 cm³/mol. The second-order valence-electron chi connectivity index (χ2n) is 4.59. The lowest BCUT2D eigenvalue weighted by Crippen LogP contribution is -2.38. The van der Waals surface area contributed by atoms with Gasteiger partial charge in [0.15, 0.2) is 0 Å². The fourth-order valence-corrected chi connectivity index (χ4v) is 1.70. The van der Waals surface area contributed by atoms with Gasteiger partial charge in [-0.15, -0.1) is 11.6 Å². The first-order valence-corrected chi connectivity index (χ1v) is 6.43. The van der Waals surface area contributed by atoms with Crippen LogP contribution in [0.15, 0.2) is 18.2 Å². The number of nitrogens with one attached hydrogen (secondary N) is 1. The van der Waals surface area contributed by atoms with Gasteiger partial charge in [0.2, 0.25) is 0 Å². The normalized spacial score (nSPS) is 14.8. The van der Waals surface area contributed by atoms with E-state index in [1.165, 1.54) is 0 Å². The molecule has 1 aromatic carbocycles. The lowest BCUT2D eigenvalue weighted by Gasteiger charge is -2.19. The van der Waals surface area contributed by atoms with Crippen LogP contribution in [0.1, 0.15) is 29.8 Å². The highest BCUT2D eigenvalue weighted by Crippen LogP contribution is 2.30. The third-order valence-corrected chi connectivity index (χ3v) is 3.48. The van der Waals surface area contributed by atoms with Gasteiger partial charge in [0.25, 0.3) is 5.91 Å². The Morgan fingerprint density at radius 3 is 2.45 bits per heavy atom. The number of carbonyl (C=O) groups excluding carboxylic acids is 1. The first-order valence-electron chi connectivity index (χ1n) is 5.90. The predicted octanol–water partition coefficient (Wildman–Crippen LogP) is 3.84. The van der Waals surface area contributed by atoms with Crippen molar-refractivity contribution in [3.8, 4) is 0 Å². The molecule has 0 radical (unpaired) electrons. The SMILES string of the molecule is CC(CCl)C(C)NC(=O)c1cc(C(F)(F)F)ccc1F. The maximum atomic E-state index is 13.5. The molecule has 2 atom stereocenters. The molecule has 1 aromatic rings. The molecule has 2 unspecified atom stereocenters. The van der Waals surface area contributed by atoms with Crippen LogP contribution < -0.4 is 5.32 Å². The van der Waals surface area contributed by atoms with E-state index in [0.29, 0.717) is 18.2 Å². The van der Waals surface area contributed by atoms with Gasteiger partial charge in [0.1, 0.15) is 5.82 Å². The summed E-state index contributed by atoms with van der Waals surface area (Å²) in [6, 6.07) is 1.35. The average Bonchev–Trinajstić information content (AvgIpc) is 2.36. The molecule has 0 bridgehead atoms. The number of hydrogen-bond acceptors (Lipinski definition) is 1. The Labute approximate surface area is 119 Å². The number of hydrogen-bond donors (Lipinski definition) is 1. The number of benzene rings is 1. The molecule has 0 aliphatic rings. The Morgan fingerprint density at radius 1 is 1.35 bits per heavy atom. The second kappa shape index (κ2) is 6.43. The molecule has 112 valence electrons. The lowest BCUT2D eigenvalue weighted by molar-refractivity contribution is -0.137. The monoisotopic (exact) mass is 311 g/mol. The smallest absolute Gasteiger partial charge is 0.349 e. The van der Waals surface area contributed by atoms with Crippen molar-refractivity contribution in [1.82, 2.24) is 5.32 Å². The van der Waals surface area contributed by atoms with Gasteiger partial charge in [0, 0.05) is 11.9 Å². The highest BCUT2D eigenvalue weighted by atomic mass is 35.5. The minimum absolute atomic E-state index is 0.0884. The summed E-state index contributed by atoms with van der Waals surface area (Å²) in [6.45, 7) is 3.41. The molecule has 20 heavy (non-hydrogen) atoms. The molecule has 0 saturated carbocycles. The van der Waals surface area contributed by atoms with Crippen molar-refractivity contribution in [3.63, 3.8) is 0 Å². The van der Waals surface area contributed by atoms with Crippen LogP contribution in [0.5, 0.6) is 0 Å². The van der Waals surface area contributed by atoms with Crippen molar-refractivity contribution in [2.24, 2.45) is 5.92 Å². The Bertz CT molecular complexity index is 490. The molecule has 0 aliphatic carbocycles. The highest BCUT2D eigenvalue weighted by molar-refractivity contribution is 6.18. The van der Waals surface area contributed by atoms with Gasteiger partial charge in [-0.1, -0.05) is 6.92 Å². The molecular weight excluding hydrogens is 298 g/mol. The number of alkyl halides is 4. The molecule has 0 heterocycles. The third kappa shape index (κ3) is 4.10. The Balaban J connectivity index is 2.98. The summed E-state index contributed by atoms with van der Waals surface area (Å²) >= 11 is 5.62. The molecule has 1 rings (SSSR count). The van der Waals surface area contributed by atoms with E-state index in [1.54, 1.807) is 13.8 Å². The molecule has 0 fully saturated rings. The zero-order chi connectivity index (χ0) is 15.5. The number of amides is 1. The van der Waals surface area contributed by atoms with Crippen LogP contribution in [-0.2, 0) is 6.18 Å². The van der Waals surface area contributed by atoms with Crippen LogP contribution in [0.4, 0.5) is 17.6 Å². The Hall–Kier alpha value is -1.30.